The molecule has 154 valence electrons. The SMILES string of the molecule is CN=C(NCc1ccccc1Cn1cccn1)NCC(O)c1cc2ccccc2s1. The largest absolute Gasteiger partial charge is 0.386 e. The van der Waals surface area contributed by atoms with Crippen LogP contribution in [0.15, 0.2) is 78.0 Å². The highest BCUT2D eigenvalue weighted by molar-refractivity contribution is 7.19. The van der Waals surface area contributed by atoms with E-state index in [0.29, 0.717) is 19.0 Å². The minimum Gasteiger partial charge on any atom is -0.386 e. The number of nitrogens with one attached hydrogen (secondary N) is 2. The lowest BCUT2D eigenvalue weighted by atomic mass is 10.1. The first kappa shape index (κ1) is 20.1. The number of aliphatic hydroxyl groups excluding tert-OH is 1. The van der Waals surface area contributed by atoms with Crippen molar-refractivity contribution in [3.8, 4) is 0 Å². The number of guanidine groups is 1. The zero-order valence-corrected chi connectivity index (χ0v) is 17.6. The Morgan fingerprint density at radius 2 is 1.90 bits per heavy atom. The topological polar surface area (TPSA) is 74.5 Å². The number of nitrogens with zero attached hydrogens (tertiary/aromatic N) is 3. The van der Waals surface area contributed by atoms with Crippen molar-refractivity contribution < 1.29 is 5.11 Å². The summed E-state index contributed by atoms with van der Waals surface area (Å²) in [6, 6.07) is 20.4. The number of aromatic nitrogens is 2. The minimum atomic E-state index is -0.590. The summed E-state index contributed by atoms with van der Waals surface area (Å²) in [6.07, 6.45) is 3.15. The van der Waals surface area contributed by atoms with Crippen LogP contribution in [-0.4, -0.2) is 34.4 Å². The standard InChI is InChI=1S/C23H25N5OS/c1-24-23(26-15-20(29)22-13-17-7-4-5-10-21(17)30-22)25-14-18-8-2-3-9-19(18)16-28-12-6-11-27-28/h2-13,20,29H,14-16H2,1H3,(H2,24,25,26). The first-order valence-corrected chi connectivity index (χ1v) is 10.7. The van der Waals surface area contributed by atoms with Crippen LogP contribution in [0.25, 0.3) is 10.1 Å². The van der Waals surface area contributed by atoms with Crippen molar-refractivity contribution in [1.29, 1.82) is 0 Å². The number of thiophene rings is 1. The molecule has 4 aromatic rings. The fraction of sp³-hybridized carbons (Fsp3) is 0.217. The van der Waals surface area contributed by atoms with Crippen molar-refractivity contribution in [2.45, 2.75) is 19.2 Å². The molecule has 1 unspecified atom stereocenters. The highest BCUT2D eigenvalue weighted by atomic mass is 32.1. The van der Waals surface area contributed by atoms with Gasteiger partial charge in [-0.1, -0.05) is 42.5 Å². The maximum Gasteiger partial charge on any atom is 0.191 e. The molecule has 0 aliphatic rings. The monoisotopic (exact) mass is 419 g/mol. The van der Waals surface area contributed by atoms with E-state index in [1.807, 2.05) is 47.3 Å². The fourth-order valence-electron chi connectivity index (χ4n) is 3.31. The number of aliphatic hydroxyl groups is 1. The number of rotatable bonds is 7. The van der Waals surface area contributed by atoms with Gasteiger partial charge in [-0.15, -0.1) is 11.3 Å². The molecule has 0 saturated carbocycles. The molecule has 2 aromatic carbocycles. The van der Waals surface area contributed by atoms with Gasteiger partial charge in [-0.2, -0.15) is 5.10 Å². The number of fused-ring (bicyclic) bond motifs is 1. The molecule has 0 saturated heterocycles. The first-order valence-electron chi connectivity index (χ1n) is 9.88. The van der Waals surface area contributed by atoms with Gasteiger partial charge in [0.1, 0.15) is 6.10 Å². The molecule has 6 nitrogen and oxygen atoms in total. The van der Waals surface area contributed by atoms with E-state index in [1.165, 1.54) is 15.8 Å². The highest BCUT2D eigenvalue weighted by Gasteiger charge is 2.12. The molecule has 0 aliphatic carbocycles. The molecule has 0 bridgehead atoms. The Labute approximate surface area is 179 Å². The maximum absolute atomic E-state index is 10.6. The third-order valence-electron chi connectivity index (χ3n) is 4.92. The van der Waals surface area contributed by atoms with Crippen LogP contribution in [0.2, 0.25) is 0 Å². The van der Waals surface area contributed by atoms with E-state index in [2.05, 4.69) is 45.0 Å². The second-order valence-corrected chi connectivity index (χ2v) is 8.10. The predicted molar refractivity (Wildman–Crippen MR) is 123 cm³/mol. The van der Waals surface area contributed by atoms with Gasteiger partial charge < -0.3 is 15.7 Å². The molecule has 2 aromatic heterocycles. The lowest BCUT2D eigenvalue weighted by Crippen LogP contribution is -2.39. The summed E-state index contributed by atoms with van der Waals surface area (Å²) in [5.41, 5.74) is 2.38. The number of hydrogen-bond acceptors (Lipinski definition) is 4. The van der Waals surface area contributed by atoms with Crippen LogP contribution < -0.4 is 10.6 Å². The van der Waals surface area contributed by atoms with Crippen molar-refractivity contribution in [1.82, 2.24) is 20.4 Å². The second kappa shape index (κ2) is 9.56. The van der Waals surface area contributed by atoms with E-state index in [4.69, 9.17) is 0 Å². The molecule has 0 aliphatic heterocycles. The van der Waals surface area contributed by atoms with Crippen LogP contribution in [-0.2, 0) is 13.1 Å². The Balaban J connectivity index is 1.34. The van der Waals surface area contributed by atoms with Crippen molar-refractivity contribution in [2.75, 3.05) is 13.6 Å². The van der Waals surface area contributed by atoms with Crippen LogP contribution in [0.3, 0.4) is 0 Å². The normalized spacial score (nSPS) is 12.8. The summed E-state index contributed by atoms with van der Waals surface area (Å²) in [5.74, 6) is 0.657. The molecule has 2 heterocycles. The third-order valence-corrected chi connectivity index (χ3v) is 6.13. The Bertz CT molecular complexity index is 1090. The number of benzene rings is 2. The highest BCUT2D eigenvalue weighted by Crippen LogP contribution is 2.29. The summed E-state index contributed by atoms with van der Waals surface area (Å²) >= 11 is 1.62. The Hall–Kier alpha value is -3.16. The zero-order valence-electron chi connectivity index (χ0n) is 16.8. The summed E-state index contributed by atoms with van der Waals surface area (Å²) in [7, 11) is 1.73. The first-order chi connectivity index (χ1) is 14.7. The molecule has 1 atom stereocenters. The smallest absolute Gasteiger partial charge is 0.191 e. The molecular weight excluding hydrogens is 394 g/mol. The summed E-state index contributed by atoms with van der Waals surface area (Å²) in [5, 5.41) is 22.6. The average molecular weight is 420 g/mol. The summed E-state index contributed by atoms with van der Waals surface area (Å²) < 4.78 is 3.09. The van der Waals surface area contributed by atoms with Crippen LogP contribution in [0.1, 0.15) is 22.1 Å². The second-order valence-electron chi connectivity index (χ2n) is 6.98. The quantitative estimate of drug-likeness (QED) is 0.316. The van der Waals surface area contributed by atoms with Gasteiger partial charge in [0.2, 0.25) is 0 Å². The molecule has 3 N–H and O–H groups in total. The van der Waals surface area contributed by atoms with E-state index in [0.717, 1.165) is 16.8 Å². The van der Waals surface area contributed by atoms with Gasteiger partial charge in [0.05, 0.1) is 6.54 Å². The summed E-state index contributed by atoms with van der Waals surface area (Å²) in [6.45, 7) is 1.75. The van der Waals surface area contributed by atoms with E-state index in [1.54, 1.807) is 24.6 Å². The molecular formula is C23H25N5OS. The lowest BCUT2D eigenvalue weighted by molar-refractivity contribution is 0.184. The molecule has 0 radical (unpaired) electrons. The summed E-state index contributed by atoms with van der Waals surface area (Å²) in [4.78, 5) is 5.23. The van der Waals surface area contributed by atoms with Gasteiger partial charge in [-0.3, -0.25) is 9.67 Å². The Morgan fingerprint density at radius 1 is 1.10 bits per heavy atom. The van der Waals surface area contributed by atoms with Gasteiger partial charge in [0, 0.05) is 42.1 Å². The van der Waals surface area contributed by atoms with Gasteiger partial charge >= 0.3 is 0 Å². The van der Waals surface area contributed by atoms with Crippen LogP contribution in [0.4, 0.5) is 0 Å². The van der Waals surface area contributed by atoms with Crippen molar-refractivity contribution in [3.63, 3.8) is 0 Å². The van der Waals surface area contributed by atoms with E-state index in [-0.39, 0.29) is 0 Å². The van der Waals surface area contributed by atoms with Gasteiger partial charge in [-0.05, 0) is 34.7 Å². The molecule has 7 heteroatoms. The third kappa shape index (κ3) is 4.87. The molecule has 4 rings (SSSR count). The van der Waals surface area contributed by atoms with Gasteiger partial charge in [0.15, 0.2) is 5.96 Å². The fourth-order valence-corrected chi connectivity index (χ4v) is 4.36. The van der Waals surface area contributed by atoms with Crippen LogP contribution >= 0.6 is 11.3 Å². The van der Waals surface area contributed by atoms with Crippen molar-refractivity contribution in [2.24, 2.45) is 4.99 Å². The molecule has 0 amide bonds. The van der Waals surface area contributed by atoms with Crippen LogP contribution in [0, 0.1) is 0 Å². The number of hydrogen-bond donors (Lipinski definition) is 3. The minimum absolute atomic E-state index is 0.390. The van der Waals surface area contributed by atoms with Gasteiger partial charge in [0.25, 0.3) is 0 Å². The average Bonchev–Trinajstić information content (AvgIpc) is 3.44. The van der Waals surface area contributed by atoms with Crippen molar-refractivity contribution in [3.05, 3.63) is 89.1 Å². The van der Waals surface area contributed by atoms with Crippen molar-refractivity contribution >= 4 is 27.4 Å². The maximum atomic E-state index is 10.6. The van der Waals surface area contributed by atoms with E-state index in [9.17, 15) is 5.11 Å². The molecule has 30 heavy (non-hydrogen) atoms. The van der Waals surface area contributed by atoms with E-state index < -0.39 is 6.10 Å². The predicted octanol–water partition coefficient (Wildman–Crippen LogP) is 3.54. The Morgan fingerprint density at radius 3 is 2.67 bits per heavy atom. The van der Waals surface area contributed by atoms with E-state index >= 15 is 0 Å². The Kier molecular flexibility index (Phi) is 6.41. The number of aliphatic imine (C=N–C) groups is 1. The molecule has 0 fully saturated rings. The molecule has 0 spiro atoms. The lowest BCUT2D eigenvalue weighted by Gasteiger charge is -2.16. The van der Waals surface area contributed by atoms with Gasteiger partial charge in [-0.25, -0.2) is 0 Å². The zero-order chi connectivity index (χ0) is 20.8. The van der Waals surface area contributed by atoms with Crippen LogP contribution in [0.5, 0.6) is 0 Å².